The Morgan fingerprint density at radius 1 is 1.16 bits per heavy atom. The minimum absolute atomic E-state index is 0.00966. The SMILES string of the molecule is CC[C@@H]1Oc2ccc(C(=O)N[C@@H]3C[C@@H]4CCN(C4)C3)cc2O[C@H]1CC. The number of piperidine rings is 1. The highest BCUT2D eigenvalue weighted by Crippen LogP contribution is 2.36. The molecule has 1 unspecified atom stereocenters. The zero-order valence-corrected chi connectivity index (χ0v) is 15.2. The summed E-state index contributed by atoms with van der Waals surface area (Å²) in [6.45, 7) is 7.57. The molecule has 0 aliphatic carbocycles. The highest BCUT2D eigenvalue weighted by molar-refractivity contribution is 5.95. The van der Waals surface area contributed by atoms with Crippen LogP contribution < -0.4 is 14.8 Å². The van der Waals surface area contributed by atoms with Crippen LogP contribution in [0.2, 0.25) is 0 Å². The molecule has 136 valence electrons. The molecule has 5 heteroatoms. The summed E-state index contributed by atoms with van der Waals surface area (Å²) >= 11 is 0. The molecule has 2 saturated heterocycles. The first-order chi connectivity index (χ1) is 12.2. The number of nitrogens with one attached hydrogen (secondary N) is 1. The van der Waals surface area contributed by atoms with Crippen molar-refractivity contribution in [2.75, 3.05) is 19.6 Å². The van der Waals surface area contributed by atoms with E-state index in [0.717, 1.165) is 37.5 Å². The van der Waals surface area contributed by atoms with E-state index >= 15 is 0 Å². The number of nitrogens with zero attached hydrogens (tertiary/aromatic N) is 1. The smallest absolute Gasteiger partial charge is 0.251 e. The molecule has 25 heavy (non-hydrogen) atoms. The predicted molar refractivity (Wildman–Crippen MR) is 96.3 cm³/mol. The van der Waals surface area contributed by atoms with Gasteiger partial charge in [-0.1, -0.05) is 13.8 Å². The molecule has 0 saturated carbocycles. The fourth-order valence-electron chi connectivity index (χ4n) is 4.44. The second kappa shape index (κ2) is 6.87. The predicted octanol–water partition coefficient (Wildman–Crippen LogP) is 2.84. The molecular formula is C20H28N2O3. The Hall–Kier alpha value is -1.75. The second-order valence-electron chi connectivity index (χ2n) is 7.61. The van der Waals surface area contributed by atoms with Crippen LogP contribution in [-0.2, 0) is 0 Å². The van der Waals surface area contributed by atoms with E-state index in [0.29, 0.717) is 11.3 Å². The monoisotopic (exact) mass is 344 g/mol. The third kappa shape index (κ3) is 3.34. The lowest BCUT2D eigenvalue weighted by Crippen LogP contribution is -2.47. The van der Waals surface area contributed by atoms with Gasteiger partial charge in [-0.25, -0.2) is 0 Å². The summed E-state index contributed by atoms with van der Waals surface area (Å²) in [6, 6.07) is 5.80. The average molecular weight is 344 g/mol. The van der Waals surface area contributed by atoms with Crippen LogP contribution in [-0.4, -0.2) is 48.7 Å². The maximum atomic E-state index is 12.7. The molecule has 1 N–H and O–H groups in total. The normalized spacial score (nSPS) is 33.1. The Bertz CT molecular complexity index is 636. The number of rotatable bonds is 4. The molecule has 3 aliphatic rings. The Morgan fingerprint density at radius 3 is 2.64 bits per heavy atom. The maximum Gasteiger partial charge on any atom is 0.251 e. The van der Waals surface area contributed by atoms with Crippen molar-refractivity contribution >= 4 is 5.91 Å². The number of ether oxygens (including phenoxy) is 2. The topological polar surface area (TPSA) is 50.8 Å². The Kier molecular flexibility index (Phi) is 4.59. The van der Waals surface area contributed by atoms with Crippen molar-refractivity contribution in [3.05, 3.63) is 23.8 Å². The standard InChI is InChI=1S/C20H28N2O3/c1-3-16-17(4-2)25-19-10-14(5-6-18(19)24-16)20(23)21-15-9-13-7-8-22(11-13)12-15/h5-6,10,13,15-17H,3-4,7-9,11-12H2,1-2H3,(H,21,23)/t13-,15+,16-,17-/m0/s1. The minimum Gasteiger partial charge on any atom is -0.483 e. The van der Waals surface area contributed by atoms with Crippen molar-refractivity contribution in [3.63, 3.8) is 0 Å². The van der Waals surface area contributed by atoms with Gasteiger partial charge in [0.1, 0.15) is 12.2 Å². The van der Waals surface area contributed by atoms with Gasteiger partial charge >= 0.3 is 0 Å². The van der Waals surface area contributed by atoms with Crippen molar-refractivity contribution in [2.24, 2.45) is 5.92 Å². The van der Waals surface area contributed by atoms with Gasteiger partial charge in [-0.05, 0) is 56.3 Å². The summed E-state index contributed by atoms with van der Waals surface area (Å²) in [6.07, 6.45) is 4.32. The number of carbonyl (C=O) groups excluding carboxylic acids is 1. The molecule has 5 atom stereocenters. The molecule has 4 rings (SSSR count). The third-order valence-corrected chi connectivity index (χ3v) is 5.78. The van der Waals surface area contributed by atoms with Gasteiger partial charge in [-0.3, -0.25) is 4.79 Å². The minimum atomic E-state index is -0.00966. The molecule has 5 nitrogen and oxygen atoms in total. The zero-order valence-electron chi connectivity index (χ0n) is 15.2. The Labute approximate surface area is 149 Å². The van der Waals surface area contributed by atoms with E-state index in [1.807, 2.05) is 18.2 Å². The van der Waals surface area contributed by atoms with Crippen LogP contribution in [0, 0.1) is 5.92 Å². The van der Waals surface area contributed by atoms with E-state index in [2.05, 4.69) is 24.1 Å². The van der Waals surface area contributed by atoms with E-state index in [1.165, 1.54) is 19.5 Å². The van der Waals surface area contributed by atoms with E-state index in [4.69, 9.17) is 9.47 Å². The summed E-state index contributed by atoms with van der Waals surface area (Å²) in [4.78, 5) is 15.1. The van der Waals surface area contributed by atoms with E-state index in [-0.39, 0.29) is 24.2 Å². The van der Waals surface area contributed by atoms with Gasteiger partial charge in [0.15, 0.2) is 11.5 Å². The van der Waals surface area contributed by atoms with Gasteiger partial charge < -0.3 is 19.7 Å². The highest BCUT2D eigenvalue weighted by Gasteiger charge is 2.33. The van der Waals surface area contributed by atoms with E-state index < -0.39 is 0 Å². The maximum absolute atomic E-state index is 12.7. The van der Waals surface area contributed by atoms with Crippen LogP contribution in [0.3, 0.4) is 0 Å². The van der Waals surface area contributed by atoms with Gasteiger partial charge in [0.25, 0.3) is 5.91 Å². The number of fused-ring (bicyclic) bond motifs is 3. The summed E-state index contributed by atoms with van der Waals surface area (Å²) in [5, 5.41) is 3.21. The molecule has 1 aromatic carbocycles. The zero-order chi connectivity index (χ0) is 17.4. The molecule has 2 fully saturated rings. The first-order valence-electron chi connectivity index (χ1n) is 9.66. The van der Waals surface area contributed by atoms with Crippen molar-refractivity contribution in [2.45, 2.75) is 57.8 Å². The molecule has 3 aliphatic heterocycles. The van der Waals surface area contributed by atoms with E-state index in [9.17, 15) is 4.79 Å². The number of amides is 1. The van der Waals surface area contributed by atoms with Crippen molar-refractivity contribution in [1.82, 2.24) is 10.2 Å². The van der Waals surface area contributed by atoms with Crippen LogP contribution in [0.15, 0.2) is 18.2 Å². The Balaban J connectivity index is 1.45. The van der Waals surface area contributed by atoms with Gasteiger partial charge in [0, 0.05) is 24.7 Å². The average Bonchev–Trinajstić information content (AvgIpc) is 2.98. The summed E-state index contributed by atoms with van der Waals surface area (Å²) < 4.78 is 12.1. The van der Waals surface area contributed by atoms with Gasteiger partial charge in [-0.2, -0.15) is 0 Å². The second-order valence-corrected chi connectivity index (χ2v) is 7.61. The first kappa shape index (κ1) is 16.7. The molecular weight excluding hydrogens is 316 g/mol. The number of carbonyl (C=O) groups is 1. The summed E-state index contributed by atoms with van der Waals surface area (Å²) in [5.41, 5.74) is 0.653. The highest BCUT2D eigenvalue weighted by atomic mass is 16.6. The number of hydrogen-bond acceptors (Lipinski definition) is 4. The molecule has 2 bridgehead atoms. The summed E-state index contributed by atoms with van der Waals surface area (Å²) in [5.74, 6) is 2.17. The molecule has 0 radical (unpaired) electrons. The van der Waals surface area contributed by atoms with Crippen LogP contribution in [0.4, 0.5) is 0 Å². The molecule has 3 heterocycles. The van der Waals surface area contributed by atoms with Crippen LogP contribution >= 0.6 is 0 Å². The van der Waals surface area contributed by atoms with Gasteiger partial charge in [0.2, 0.25) is 0 Å². The summed E-state index contributed by atoms with van der Waals surface area (Å²) in [7, 11) is 0. The third-order valence-electron chi connectivity index (χ3n) is 5.78. The largest absolute Gasteiger partial charge is 0.483 e. The van der Waals surface area contributed by atoms with Crippen molar-refractivity contribution < 1.29 is 14.3 Å². The lowest BCUT2D eigenvalue weighted by atomic mass is 9.96. The van der Waals surface area contributed by atoms with Crippen LogP contribution in [0.5, 0.6) is 11.5 Å². The molecule has 1 aromatic rings. The van der Waals surface area contributed by atoms with Crippen LogP contribution in [0.25, 0.3) is 0 Å². The van der Waals surface area contributed by atoms with Crippen molar-refractivity contribution in [3.8, 4) is 11.5 Å². The fourth-order valence-corrected chi connectivity index (χ4v) is 4.44. The number of hydrogen-bond donors (Lipinski definition) is 1. The van der Waals surface area contributed by atoms with Gasteiger partial charge in [0.05, 0.1) is 0 Å². The fraction of sp³-hybridized carbons (Fsp3) is 0.650. The molecule has 1 amide bonds. The van der Waals surface area contributed by atoms with Gasteiger partial charge in [-0.15, -0.1) is 0 Å². The number of benzene rings is 1. The molecule has 0 spiro atoms. The van der Waals surface area contributed by atoms with E-state index in [1.54, 1.807) is 0 Å². The quantitative estimate of drug-likeness (QED) is 0.912. The lowest BCUT2D eigenvalue weighted by Gasteiger charge is -2.33. The lowest BCUT2D eigenvalue weighted by molar-refractivity contribution is 0.0168. The van der Waals surface area contributed by atoms with Crippen molar-refractivity contribution in [1.29, 1.82) is 0 Å². The first-order valence-corrected chi connectivity index (χ1v) is 9.66. The van der Waals surface area contributed by atoms with Crippen LogP contribution in [0.1, 0.15) is 49.9 Å². The molecule has 0 aromatic heterocycles. The Morgan fingerprint density at radius 2 is 1.92 bits per heavy atom.